The summed E-state index contributed by atoms with van der Waals surface area (Å²) in [6, 6.07) is 0. The van der Waals surface area contributed by atoms with Crippen molar-refractivity contribution in [3.8, 4) is 0 Å². The molecule has 0 aromatic carbocycles. The Bertz CT molecular complexity index is 489. The van der Waals surface area contributed by atoms with E-state index in [0.29, 0.717) is 24.7 Å². The van der Waals surface area contributed by atoms with E-state index < -0.39 is 11.9 Å². The zero-order valence-electron chi connectivity index (χ0n) is 10.8. The highest BCUT2D eigenvalue weighted by molar-refractivity contribution is 5.71. The van der Waals surface area contributed by atoms with Crippen LogP contribution in [0.3, 0.4) is 0 Å². The molecular weight excluding hydrogens is 244 g/mol. The average Bonchev–Trinajstić information content (AvgIpc) is 3.09. The zero-order valence-corrected chi connectivity index (χ0v) is 10.8. The van der Waals surface area contributed by atoms with E-state index in [9.17, 15) is 9.90 Å². The number of aliphatic carboxylic acids is 1. The molecule has 102 valence electrons. The van der Waals surface area contributed by atoms with Gasteiger partial charge in [0.25, 0.3) is 0 Å². The largest absolute Gasteiger partial charge is 0.481 e. The van der Waals surface area contributed by atoms with Gasteiger partial charge in [-0.15, -0.1) is 0 Å². The number of hydrogen-bond acceptors (Lipinski definition) is 4. The first kappa shape index (κ1) is 12.4. The fourth-order valence-corrected chi connectivity index (χ4v) is 3.11. The SMILES string of the molecule is O=C(O)[C@H]1CC=CC[C@H]1c1nc(C2CCCC2)no1. The lowest BCUT2D eigenvalue weighted by Crippen LogP contribution is -2.23. The summed E-state index contributed by atoms with van der Waals surface area (Å²) in [5, 5.41) is 13.3. The van der Waals surface area contributed by atoms with Crippen molar-refractivity contribution >= 4 is 5.97 Å². The molecule has 0 unspecified atom stereocenters. The number of aromatic nitrogens is 2. The number of hydrogen-bond donors (Lipinski definition) is 1. The molecule has 1 aromatic rings. The van der Waals surface area contributed by atoms with Gasteiger partial charge in [-0.25, -0.2) is 0 Å². The second-order valence-electron chi connectivity index (χ2n) is 5.47. The Balaban J connectivity index is 1.80. The van der Waals surface area contributed by atoms with Crippen LogP contribution in [-0.2, 0) is 4.79 Å². The summed E-state index contributed by atoms with van der Waals surface area (Å²) < 4.78 is 5.34. The lowest BCUT2D eigenvalue weighted by molar-refractivity contribution is -0.142. The summed E-state index contributed by atoms with van der Waals surface area (Å²) in [5.41, 5.74) is 0. The average molecular weight is 262 g/mol. The van der Waals surface area contributed by atoms with Gasteiger partial charge in [-0.05, 0) is 25.7 Å². The first-order valence-corrected chi connectivity index (χ1v) is 6.97. The van der Waals surface area contributed by atoms with Crippen LogP contribution in [0.5, 0.6) is 0 Å². The molecule has 2 aliphatic carbocycles. The van der Waals surface area contributed by atoms with Crippen LogP contribution in [0.2, 0.25) is 0 Å². The molecule has 1 saturated carbocycles. The minimum atomic E-state index is -0.782. The van der Waals surface area contributed by atoms with Gasteiger partial charge in [0.2, 0.25) is 5.89 Å². The van der Waals surface area contributed by atoms with E-state index in [-0.39, 0.29) is 5.92 Å². The zero-order chi connectivity index (χ0) is 13.2. The van der Waals surface area contributed by atoms with Crippen LogP contribution in [0.15, 0.2) is 16.7 Å². The quantitative estimate of drug-likeness (QED) is 0.847. The maximum atomic E-state index is 11.3. The number of carbonyl (C=O) groups is 1. The molecule has 0 bridgehead atoms. The predicted molar refractivity (Wildman–Crippen MR) is 67.7 cm³/mol. The summed E-state index contributed by atoms with van der Waals surface area (Å²) >= 11 is 0. The van der Waals surface area contributed by atoms with E-state index in [4.69, 9.17) is 4.52 Å². The number of allylic oxidation sites excluding steroid dienone is 2. The highest BCUT2D eigenvalue weighted by Gasteiger charge is 2.34. The van der Waals surface area contributed by atoms with E-state index in [1.807, 2.05) is 12.2 Å². The van der Waals surface area contributed by atoms with Crippen LogP contribution in [-0.4, -0.2) is 21.2 Å². The van der Waals surface area contributed by atoms with Gasteiger partial charge in [-0.2, -0.15) is 4.98 Å². The van der Waals surface area contributed by atoms with Gasteiger partial charge in [0, 0.05) is 5.92 Å². The molecule has 0 spiro atoms. The van der Waals surface area contributed by atoms with Gasteiger partial charge in [-0.3, -0.25) is 4.79 Å². The summed E-state index contributed by atoms with van der Waals surface area (Å²) in [5.74, 6) is 0.270. The molecule has 1 aromatic heterocycles. The van der Waals surface area contributed by atoms with Crippen molar-refractivity contribution in [3.63, 3.8) is 0 Å². The lowest BCUT2D eigenvalue weighted by Gasteiger charge is -2.21. The molecule has 0 saturated heterocycles. The van der Waals surface area contributed by atoms with E-state index in [0.717, 1.165) is 18.7 Å². The second-order valence-corrected chi connectivity index (χ2v) is 5.47. The van der Waals surface area contributed by atoms with Crippen LogP contribution in [0, 0.1) is 5.92 Å². The van der Waals surface area contributed by atoms with Crippen LogP contribution in [0.4, 0.5) is 0 Å². The first-order valence-electron chi connectivity index (χ1n) is 6.97. The molecule has 2 atom stereocenters. The van der Waals surface area contributed by atoms with Crippen molar-refractivity contribution in [2.45, 2.75) is 50.4 Å². The van der Waals surface area contributed by atoms with Crippen molar-refractivity contribution < 1.29 is 14.4 Å². The Kier molecular flexibility index (Phi) is 3.36. The molecular formula is C14H18N2O3. The Morgan fingerprint density at radius 3 is 2.74 bits per heavy atom. The van der Waals surface area contributed by atoms with Crippen molar-refractivity contribution in [2.24, 2.45) is 5.92 Å². The number of nitrogens with zero attached hydrogens (tertiary/aromatic N) is 2. The molecule has 1 N–H and O–H groups in total. The van der Waals surface area contributed by atoms with E-state index in [1.165, 1.54) is 12.8 Å². The molecule has 1 fully saturated rings. The maximum absolute atomic E-state index is 11.3. The lowest BCUT2D eigenvalue weighted by atomic mass is 9.83. The van der Waals surface area contributed by atoms with Crippen molar-refractivity contribution in [3.05, 3.63) is 23.9 Å². The second kappa shape index (κ2) is 5.15. The number of carboxylic acids is 1. The molecule has 19 heavy (non-hydrogen) atoms. The van der Waals surface area contributed by atoms with Gasteiger partial charge in [0.15, 0.2) is 5.82 Å². The third-order valence-electron chi connectivity index (χ3n) is 4.24. The smallest absolute Gasteiger partial charge is 0.307 e. The van der Waals surface area contributed by atoms with Crippen LogP contribution < -0.4 is 0 Å². The van der Waals surface area contributed by atoms with Crippen LogP contribution in [0.1, 0.15) is 62.1 Å². The standard InChI is InChI=1S/C14H18N2O3/c17-14(18)11-8-4-3-7-10(11)13-15-12(16-19-13)9-5-1-2-6-9/h3-4,9-11H,1-2,5-8H2,(H,17,18)/t10-,11+/m1/s1. The fraction of sp³-hybridized carbons (Fsp3) is 0.643. The molecule has 0 amide bonds. The summed E-state index contributed by atoms with van der Waals surface area (Å²) in [6.07, 6.45) is 9.81. The van der Waals surface area contributed by atoms with E-state index in [2.05, 4.69) is 10.1 Å². The minimum Gasteiger partial charge on any atom is -0.481 e. The molecule has 2 aliphatic rings. The third kappa shape index (κ3) is 2.41. The van der Waals surface area contributed by atoms with E-state index >= 15 is 0 Å². The monoisotopic (exact) mass is 262 g/mol. The molecule has 5 nitrogen and oxygen atoms in total. The summed E-state index contributed by atoms with van der Waals surface area (Å²) in [6.45, 7) is 0. The summed E-state index contributed by atoms with van der Waals surface area (Å²) in [4.78, 5) is 15.8. The molecule has 5 heteroatoms. The Morgan fingerprint density at radius 1 is 1.26 bits per heavy atom. The van der Waals surface area contributed by atoms with Gasteiger partial charge in [0.05, 0.1) is 11.8 Å². The van der Waals surface area contributed by atoms with Crippen molar-refractivity contribution in [1.82, 2.24) is 10.1 Å². The van der Waals surface area contributed by atoms with Crippen molar-refractivity contribution in [1.29, 1.82) is 0 Å². The predicted octanol–water partition coefficient (Wildman–Crippen LogP) is 2.86. The Morgan fingerprint density at radius 2 is 2.00 bits per heavy atom. The number of rotatable bonds is 3. The Labute approximate surface area is 111 Å². The summed E-state index contributed by atoms with van der Waals surface area (Å²) in [7, 11) is 0. The highest BCUT2D eigenvalue weighted by Crippen LogP contribution is 2.36. The van der Waals surface area contributed by atoms with Gasteiger partial charge >= 0.3 is 5.97 Å². The normalized spacial score (nSPS) is 27.8. The molecule has 0 aliphatic heterocycles. The van der Waals surface area contributed by atoms with Gasteiger partial charge in [0.1, 0.15) is 0 Å². The highest BCUT2D eigenvalue weighted by atomic mass is 16.5. The topological polar surface area (TPSA) is 76.2 Å². The van der Waals surface area contributed by atoms with Crippen LogP contribution >= 0.6 is 0 Å². The van der Waals surface area contributed by atoms with Gasteiger partial charge < -0.3 is 9.63 Å². The van der Waals surface area contributed by atoms with Gasteiger partial charge in [-0.1, -0.05) is 30.2 Å². The molecule has 1 heterocycles. The number of carboxylic acid groups (broad SMARTS) is 1. The van der Waals surface area contributed by atoms with Crippen LogP contribution in [0.25, 0.3) is 0 Å². The molecule has 3 rings (SSSR count). The Hall–Kier alpha value is -1.65. The fourth-order valence-electron chi connectivity index (χ4n) is 3.11. The minimum absolute atomic E-state index is 0.176. The maximum Gasteiger partial charge on any atom is 0.307 e. The first-order chi connectivity index (χ1) is 9.25. The third-order valence-corrected chi connectivity index (χ3v) is 4.24. The van der Waals surface area contributed by atoms with Crippen molar-refractivity contribution in [2.75, 3.05) is 0 Å². The molecule has 0 radical (unpaired) electrons. The van der Waals surface area contributed by atoms with E-state index in [1.54, 1.807) is 0 Å².